The predicted octanol–water partition coefficient (Wildman–Crippen LogP) is 4.16. The van der Waals surface area contributed by atoms with Gasteiger partial charge in [-0.05, 0) is 38.0 Å². The topological polar surface area (TPSA) is 101 Å². The Labute approximate surface area is 150 Å². The lowest BCUT2D eigenvalue weighted by Crippen LogP contribution is -2.12. The number of aromatic nitrogens is 2. The highest BCUT2D eigenvalue weighted by Gasteiger charge is 2.14. The third-order valence-electron chi connectivity index (χ3n) is 4.08. The maximum Gasteiger partial charge on any atom is 0.270 e. The summed E-state index contributed by atoms with van der Waals surface area (Å²) in [5, 5.41) is 20.6. The second-order valence-electron chi connectivity index (χ2n) is 6.20. The molecule has 7 nitrogen and oxygen atoms in total. The van der Waals surface area contributed by atoms with Crippen molar-refractivity contribution >= 4 is 17.4 Å². The molecule has 1 aromatic heterocycles. The van der Waals surface area contributed by atoms with Gasteiger partial charge in [-0.25, -0.2) is 0 Å². The third kappa shape index (κ3) is 3.46. The van der Waals surface area contributed by atoms with Gasteiger partial charge in [-0.1, -0.05) is 23.8 Å². The molecule has 0 radical (unpaired) electrons. The molecule has 3 rings (SSSR count). The maximum absolute atomic E-state index is 12.3. The lowest BCUT2D eigenvalue weighted by atomic mass is 9.97. The van der Waals surface area contributed by atoms with Gasteiger partial charge in [0, 0.05) is 29.3 Å². The van der Waals surface area contributed by atoms with Crippen LogP contribution in [0.25, 0.3) is 11.3 Å². The van der Waals surface area contributed by atoms with Gasteiger partial charge < -0.3 is 5.32 Å². The zero-order valence-electron chi connectivity index (χ0n) is 14.7. The van der Waals surface area contributed by atoms with Gasteiger partial charge in [0.15, 0.2) is 5.82 Å². The molecule has 0 aliphatic heterocycles. The van der Waals surface area contributed by atoms with Crippen LogP contribution >= 0.6 is 0 Å². The summed E-state index contributed by atoms with van der Waals surface area (Å²) in [6.07, 6.45) is 0. The normalized spacial score (nSPS) is 10.6. The Morgan fingerprint density at radius 1 is 1.12 bits per heavy atom. The van der Waals surface area contributed by atoms with Crippen molar-refractivity contribution in [3.05, 3.63) is 74.8 Å². The highest BCUT2D eigenvalue weighted by atomic mass is 16.6. The molecule has 3 aromatic rings. The van der Waals surface area contributed by atoms with Crippen LogP contribution in [0.3, 0.4) is 0 Å². The monoisotopic (exact) mass is 350 g/mol. The lowest BCUT2D eigenvalue weighted by Gasteiger charge is -2.09. The van der Waals surface area contributed by atoms with Crippen LogP contribution in [0, 0.1) is 30.9 Å². The number of nitro groups is 1. The van der Waals surface area contributed by atoms with Crippen LogP contribution in [0.15, 0.2) is 42.5 Å². The standard InChI is InChI=1S/C19H18N4O3/c1-11-7-12(2)18(13(3)8-11)16-10-17(22-21-16)20-19(24)14-5-4-6-15(9-14)23(25)26/h4-10H,1-3H3,(H2,20,21,22,24). The number of nitrogens with one attached hydrogen (secondary N) is 2. The summed E-state index contributed by atoms with van der Waals surface area (Å²) in [6.45, 7) is 6.09. The van der Waals surface area contributed by atoms with Crippen LogP contribution in [-0.4, -0.2) is 21.0 Å². The Hall–Kier alpha value is -3.48. The Morgan fingerprint density at radius 3 is 2.46 bits per heavy atom. The molecule has 7 heteroatoms. The molecule has 0 fully saturated rings. The summed E-state index contributed by atoms with van der Waals surface area (Å²) in [5.74, 6) is -0.0972. The number of aromatic amines is 1. The van der Waals surface area contributed by atoms with Crippen LogP contribution < -0.4 is 5.32 Å². The zero-order chi connectivity index (χ0) is 18.8. The number of anilines is 1. The first-order valence-electron chi connectivity index (χ1n) is 8.04. The molecule has 0 spiro atoms. The SMILES string of the molecule is Cc1cc(C)c(-c2cc(NC(=O)c3cccc([N+](=O)[O-])c3)n[nH]2)c(C)c1. The Bertz CT molecular complexity index is 985. The average molecular weight is 350 g/mol. The first-order valence-corrected chi connectivity index (χ1v) is 8.04. The molecule has 0 aliphatic rings. The van der Waals surface area contributed by atoms with Crippen LogP contribution in [0.5, 0.6) is 0 Å². The molecule has 0 saturated heterocycles. The van der Waals surface area contributed by atoms with Crippen LogP contribution in [0.2, 0.25) is 0 Å². The van der Waals surface area contributed by atoms with Crippen molar-refractivity contribution in [3.63, 3.8) is 0 Å². The minimum absolute atomic E-state index is 0.133. The zero-order valence-corrected chi connectivity index (χ0v) is 14.7. The number of nitrogens with zero attached hydrogens (tertiary/aromatic N) is 2. The average Bonchev–Trinajstić information content (AvgIpc) is 3.02. The van der Waals surface area contributed by atoms with Crippen molar-refractivity contribution in [2.75, 3.05) is 5.32 Å². The molecule has 26 heavy (non-hydrogen) atoms. The van der Waals surface area contributed by atoms with E-state index in [2.05, 4.69) is 27.6 Å². The minimum atomic E-state index is -0.535. The molecule has 1 heterocycles. The molecule has 0 atom stereocenters. The lowest BCUT2D eigenvalue weighted by molar-refractivity contribution is -0.384. The van der Waals surface area contributed by atoms with E-state index in [1.165, 1.54) is 29.8 Å². The molecular formula is C19H18N4O3. The summed E-state index contributed by atoms with van der Waals surface area (Å²) in [6, 6.07) is 11.5. The number of carbonyl (C=O) groups excluding carboxylic acids is 1. The summed E-state index contributed by atoms with van der Waals surface area (Å²) in [4.78, 5) is 22.6. The van der Waals surface area contributed by atoms with E-state index >= 15 is 0 Å². The molecule has 0 bridgehead atoms. The highest BCUT2D eigenvalue weighted by molar-refractivity contribution is 6.04. The minimum Gasteiger partial charge on any atom is -0.305 e. The van der Waals surface area contributed by atoms with E-state index < -0.39 is 10.8 Å². The van der Waals surface area contributed by atoms with Crippen molar-refractivity contribution in [1.82, 2.24) is 10.2 Å². The number of hydrogen-bond donors (Lipinski definition) is 2. The molecule has 0 aliphatic carbocycles. The Kier molecular flexibility index (Phi) is 4.53. The van der Waals surface area contributed by atoms with Crippen molar-refractivity contribution in [2.45, 2.75) is 20.8 Å². The second kappa shape index (κ2) is 6.79. The van der Waals surface area contributed by atoms with E-state index in [9.17, 15) is 14.9 Å². The van der Waals surface area contributed by atoms with Crippen LogP contribution in [0.4, 0.5) is 11.5 Å². The molecule has 132 valence electrons. The van der Waals surface area contributed by atoms with E-state index in [0.29, 0.717) is 5.82 Å². The van der Waals surface area contributed by atoms with Crippen molar-refractivity contribution in [3.8, 4) is 11.3 Å². The molecule has 2 N–H and O–H groups in total. The number of carbonyl (C=O) groups is 1. The van der Waals surface area contributed by atoms with Crippen molar-refractivity contribution < 1.29 is 9.72 Å². The number of amides is 1. The summed E-state index contributed by atoms with van der Waals surface area (Å²) >= 11 is 0. The quantitative estimate of drug-likeness (QED) is 0.545. The highest BCUT2D eigenvalue weighted by Crippen LogP contribution is 2.28. The number of rotatable bonds is 4. The fourth-order valence-electron chi connectivity index (χ4n) is 3.07. The number of non-ortho nitro benzene ring substituents is 1. The first kappa shape index (κ1) is 17.3. The van der Waals surface area contributed by atoms with Gasteiger partial charge in [0.1, 0.15) is 0 Å². The van der Waals surface area contributed by atoms with Crippen LogP contribution in [-0.2, 0) is 0 Å². The molecule has 0 unspecified atom stereocenters. The van der Waals surface area contributed by atoms with E-state index in [1.54, 1.807) is 6.07 Å². The maximum atomic E-state index is 12.3. The van der Waals surface area contributed by atoms with Crippen molar-refractivity contribution in [1.29, 1.82) is 0 Å². The number of benzene rings is 2. The van der Waals surface area contributed by atoms with Gasteiger partial charge in [0.25, 0.3) is 11.6 Å². The fourth-order valence-corrected chi connectivity index (χ4v) is 3.07. The van der Waals surface area contributed by atoms with Crippen molar-refractivity contribution in [2.24, 2.45) is 0 Å². The molecule has 1 amide bonds. The molecule has 0 saturated carbocycles. The summed E-state index contributed by atoms with van der Waals surface area (Å²) in [5.41, 5.74) is 5.32. The smallest absolute Gasteiger partial charge is 0.270 e. The number of H-pyrrole nitrogens is 1. The number of nitro benzene ring substituents is 1. The van der Waals surface area contributed by atoms with Gasteiger partial charge in [-0.3, -0.25) is 20.0 Å². The largest absolute Gasteiger partial charge is 0.305 e. The fraction of sp³-hybridized carbons (Fsp3) is 0.158. The van der Waals surface area contributed by atoms with Gasteiger partial charge >= 0.3 is 0 Å². The third-order valence-corrected chi connectivity index (χ3v) is 4.08. The van der Waals surface area contributed by atoms with E-state index in [0.717, 1.165) is 22.4 Å². The Morgan fingerprint density at radius 2 is 1.81 bits per heavy atom. The Balaban J connectivity index is 1.84. The van der Waals surface area contributed by atoms with Gasteiger partial charge in [-0.15, -0.1) is 0 Å². The number of aryl methyl sites for hydroxylation is 3. The summed E-state index contributed by atoms with van der Waals surface area (Å²) < 4.78 is 0. The first-order chi connectivity index (χ1) is 12.3. The predicted molar refractivity (Wildman–Crippen MR) is 99.3 cm³/mol. The molecule has 2 aromatic carbocycles. The second-order valence-corrected chi connectivity index (χ2v) is 6.20. The van der Waals surface area contributed by atoms with E-state index in [1.807, 2.05) is 20.8 Å². The number of hydrogen-bond acceptors (Lipinski definition) is 4. The van der Waals surface area contributed by atoms with Gasteiger partial charge in [0.05, 0.1) is 10.6 Å². The van der Waals surface area contributed by atoms with Gasteiger partial charge in [-0.2, -0.15) is 5.10 Å². The molecular weight excluding hydrogens is 332 g/mol. The van der Waals surface area contributed by atoms with E-state index in [-0.39, 0.29) is 11.3 Å². The van der Waals surface area contributed by atoms with E-state index in [4.69, 9.17) is 0 Å². The van der Waals surface area contributed by atoms with Gasteiger partial charge in [0.2, 0.25) is 0 Å². The van der Waals surface area contributed by atoms with Crippen LogP contribution in [0.1, 0.15) is 27.0 Å². The summed E-state index contributed by atoms with van der Waals surface area (Å²) in [7, 11) is 0.